The van der Waals surface area contributed by atoms with Gasteiger partial charge in [-0.05, 0) is 0 Å². The first kappa shape index (κ1) is 9.55. The van der Waals surface area contributed by atoms with E-state index in [1.165, 1.54) is 0 Å². The molecule has 0 aromatic carbocycles. The Morgan fingerprint density at radius 2 is 2.25 bits per heavy atom. The summed E-state index contributed by atoms with van der Waals surface area (Å²) in [6.45, 7) is 1.56. The third kappa shape index (κ3) is 1.99. The van der Waals surface area contributed by atoms with E-state index in [2.05, 4.69) is 21.3 Å². The van der Waals surface area contributed by atoms with Gasteiger partial charge in [-0.15, -0.1) is 0 Å². The molecule has 4 nitrogen and oxygen atoms in total. The molecule has 1 rings (SSSR count). The molecule has 1 N–H and O–H groups in total. The van der Waals surface area contributed by atoms with Crippen LogP contribution in [0.2, 0.25) is 5.32 Å². The molecule has 1 aliphatic heterocycles. The molecule has 2 atom stereocenters. The summed E-state index contributed by atoms with van der Waals surface area (Å²) in [5.41, 5.74) is 0. The second-order valence-electron chi connectivity index (χ2n) is 2.65. The second-order valence-corrected chi connectivity index (χ2v) is 3.59. The Morgan fingerprint density at radius 3 is 2.83 bits per heavy atom. The predicted molar refractivity (Wildman–Crippen MR) is 44.1 cm³/mol. The molecule has 0 unspecified atom stereocenters. The fourth-order valence-electron chi connectivity index (χ4n) is 0.977. The Bertz CT molecular complexity index is 207. The van der Waals surface area contributed by atoms with Gasteiger partial charge in [-0.25, -0.2) is 0 Å². The van der Waals surface area contributed by atoms with Crippen molar-refractivity contribution in [3.63, 3.8) is 0 Å². The number of ether oxygens (including phenoxy) is 1. The topological polar surface area (TPSA) is 55.4 Å². The molecule has 5 heteroatoms. The van der Waals surface area contributed by atoms with Gasteiger partial charge in [-0.3, -0.25) is 0 Å². The number of morpholine rings is 1. The number of esters is 1. The van der Waals surface area contributed by atoms with Crippen molar-refractivity contribution in [1.29, 1.82) is 0 Å². The Hall–Kier alpha value is -0.541. The van der Waals surface area contributed by atoms with E-state index in [1.54, 1.807) is 6.92 Å². The van der Waals surface area contributed by atoms with E-state index in [9.17, 15) is 9.59 Å². The zero-order valence-electron chi connectivity index (χ0n) is 6.74. The van der Waals surface area contributed by atoms with Crippen LogP contribution in [0.5, 0.6) is 0 Å². The standard InChI is InChI=1S/C7H11NO3Se/c1-4-6(9)8-5(2-3-12)7(10)11-4/h4-5,12H,2-3H2,1H3,(H,8,9)/t4-,5-/m1/s1. The third-order valence-electron chi connectivity index (χ3n) is 1.68. The SMILES string of the molecule is C[C@H]1OC(=O)[C@@H](CC[SeH])NC1=O. The number of hydrogen-bond donors (Lipinski definition) is 1. The number of nitrogens with one attached hydrogen (secondary N) is 1. The van der Waals surface area contributed by atoms with Crippen molar-refractivity contribution >= 4 is 27.9 Å². The molecule has 12 heavy (non-hydrogen) atoms. The van der Waals surface area contributed by atoms with E-state index in [1.807, 2.05) is 0 Å². The Kier molecular flexibility index (Phi) is 3.12. The van der Waals surface area contributed by atoms with Gasteiger partial charge in [0.25, 0.3) is 0 Å². The summed E-state index contributed by atoms with van der Waals surface area (Å²) >= 11 is 2.37. The van der Waals surface area contributed by atoms with Crippen molar-refractivity contribution in [2.75, 3.05) is 0 Å². The average Bonchev–Trinajstić information content (AvgIpc) is 2.01. The summed E-state index contributed by atoms with van der Waals surface area (Å²) in [5.74, 6) is -0.534. The maximum absolute atomic E-state index is 11.1. The minimum absolute atomic E-state index is 0.208. The van der Waals surface area contributed by atoms with Crippen molar-refractivity contribution in [3.05, 3.63) is 0 Å². The quantitative estimate of drug-likeness (QED) is 0.500. The van der Waals surface area contributed by atoms with Crippen LogP contribution in [0.3, 0.4) is 0 Å². The summed E-state index contributed by atoms with van der Waals surface area (Å²) in [4.78, 5) is 22.1. The van der Waals surface area contributed by atoms with Crippen LogP contribution in [0.1, 0.15) is 13.3 Å². The molecule has 0 saturated carbocycles. The van der Waals surface area contributed by atoms with Crippen molar-refractivity contribution < 1.29 is 14.3 Å². The summed E-state index contributed by atoms with van der Waals surface area (Å²) in [5, 5.41) is 3.39. The maximum atomic E-state index is 11.1. The first-order valence-electron chi connectivity index (χ1n) is 3.77. The van der Waals surface area contributed by atoms with Gasteiger partial charge in [0.2, 0.25) is 0 Å². The number of amides is 1. The molecular formula is C7H11NO3Se. The molecule has 0 radical (unpaired) electrons. The Morgan fingerprint density at radius 1 is 1.58 bits per heavy atom. The molecule has 0 aromatic rings. The first-order valence-corrected chi connectivity index (χ1v) is 5.09. The van der Waals surface area contributed by atoms with E-state index >= 15 is 0 Å². The van der Waals surface area contributed by atoms with Crippen LogP contribution >= 0.6 is 0 Å². The van der Waals surface area contributed by atoms with Crippen molar-refractivity contribution in [1.82, 2.24) is 5.32 Å². The molecule has 1 amide bonds. The van der Waals surface area contributed by atoms with Gasteiger partial charge in [-0.1, -0.05) is 0 Å². The molecule has 0 bridgehead atoms. The number of rotatable bonds is 2. The van der Waals surface area contributed by atoms with Crippen LogP contribution in [0, 0.1) is 0 Å². The second kappa shape index (κ2) is 3.92. The normalized spacial score (nSPS) is 29.5. The van der Waals surface area contributed by atoms with E-state index in [4.69, 9.17) is 4.74 Å². The van der Waals surface area contributed by atoms with E-state index in [-0.39, 0.29) is 11.9 Å². The number of carbonyl (C=O) groups excluding carboxylic acids is 2. The zero-order chi connectivity index (χ0) is 9.14. The van der Waals surface area contributed by atoms with Crippen LogP contribution in [-0.2, 0) is 14.3 Å². The van der Waals surface area contributed by atoms with Crippen LogP contribution in [0.4, 0.5) is 0 Å². The van der Waals surface area contributed by atoms with Gasteiger partial charge >= 0.3 is 78.3 Å². The predicted octanol–water partition coefficient (Wildman–Crippen LogP) is -0.874. The summed E-state index contributed by atoms with van der Waals surface area (Å²) in [6, 6.07) is -0.447. The van der Waals surface area contributed by atoms with Crippen LogP contribution in [0.15, 0.2) is 0 Å². The fraction of sp³-hybridized carbons (Fsp3) is 0.714. The molecule has 1 heterocycles. The van der Waals surface area contributed by atoms with E-state index in [0.717, 1.165) is 5.32 Å². The van der Waals surface area contributed by atoms with E-state index < -0.39 is 12.1 Å². The van der Waals surface area contributed by atoms with Crippen molar-refractivity contribution in [3.8, 4) is 0 Å². The third-order valence-corrected chi connectivity index (χ3v) is 2.22. The monoisotopic (exact) mass is 237 g/mol. The van der Waals surface area contributed by atoms with E-state index in [0.29, 0.717) is 6.42 Å². The minimum atomic E-state index is -0.639. The van der Waals surface area contributed by atoms with Crippen LogP contribution in [0.25, 0.3) is 0 Å². The Labute approximate surface area is 78.8 Å². The molecule has 1 saturated heterocycles. The van der Waals surface area contributed by atoms with Crippen LogP contribution < -0.4 is 5.32 Å². The summed E-state index contributed by atoms with van der Waals surface area (Å²) in [7, 11) is 0. The number of carbonyl (C=O) groups is 2. The first-order chi connectivity index (χ1) is 5.65. The van der Waals surface area contributed by atoms with Gasteiger partial charge in [-0.2, -0.15) is 0 Å². The van der Waals surface area contributed by atoms with Gasteiger partial charge in [0.1, 0.15) is 0 Å². The average molecular weight is 236 g/mol. The molecule has 0 aliphatic carbocycles. The van der Waals surface area contributed by atoms with Crippen molar-refractivity contribution in [2.45, 2.75) is 30.8 Å². The molecular weight excluding hydrogens is 225 g/mol. The molecule has 68 valence electrons. The number of hydrogen-bond acceptors (Lipinski definition) is 3. The number of cyclic esters (lactones) is 1. The summed E-state index contributed by atoms with van der Waals surface area (Å²) in [6.07, 6.45) is -0.0165. The van der Waals surface area contributed by atoms with Gasteiger partial charge in [0.05, 0.1) is 0 Å². The van der Waals surface area contributed by atoms with Crippen LogP contribution in [-0.4, -0.2) is 40.0 Å². The molecule has 0 aromatic heterocycles. The van der Waals surface area contributed by atoms with Gasteiger partial charge in [0, 0.05) is 0 Å². The fourth-order valence-corrected chi connectivity index (χ4v) is 1.52. The van der Waals surface area contributed by atoms with Gasteiger partial charge in [0.15, 0.2) is 0 Å². The molecule has 0 spiro atoms. The Balaban J connectivity index is 2.55. The molecule has 1 aliphatic rings. The summed E-state index contributed by atoms with van der Waals surface area (Å²) < 4.78 is 4.81. The van der Waals surface area contributed by atoms with Gasteiger partial charge < -0.3 is 0 Å². The van der Waals surface area contributed by atoms with Crippen molar-refractivity contribution in [2.24, 2.45) is 0 Å². The molecule has 1 fully saturated rings. The zero-order valence-corrected chi connectivity index (χ0v) is 8.62.